The van der Waals surface area contributed by atoms with Gasteiger partial charge in [-0.3, -0.25) is 0 Å². The van der Waals surface area contributed by atoms with Crippen molar-refractivity contribution in [1.82, 2.24) is 5.32 Å². The molecule has 0 saturated heterocycles. The van der Waals surface area contributed by atoms with Crippen LogP contribution in [0.2, 0.25) is 0 Å². The van der Waals surface area contributed by atoms with Gasteiger partial charge in [-0.1, -0.05) is 0 Å². The number of ether oxygens (including phenoxy) is 3. The number of nitrogens with zero attached hydrogens (tertiary/aromatic N) is 1. The van der Waals surface area contributed by atoms with Gasteiger partial charge in [-0.2, -0.15) is 12.6 Å². The fraction of sp³-hybridized carbons (Fsp3) is 0.462. The van der Waals surface area contributed by atoms with Crippen LogP contribution in [0.5, 0.6) is 11.5 Å². The Kier molecular flexibility index (Phi) is 6.99. The van der Waals surface area contributed by atoms with Gasteiger partial charge in [0.05, 0.1) is 0 Å². The zero-order chi connectivity index (χ0) is 17.2. The summed E-state index contributed by atoms with van der Waals surface area (Å²) in [4.78, 5) is 22.2. The van der Waals surface area contributed by atoms with E-state index in [1.54, 1.807) is 0 Å². The number of nitrogens with one attached hydrogen (secondary N) is 1. The number of methoxy groups -OCH3 is 1. The Morgan fingerprint density at radius 1 is 1.43 bits per heavy atom. The Balaban J connectivity index is 2.87. The number of carbonyl (C=O) groups excluding carboxylic acids is 1. The SMILES string of the molecule is COc1cc(COC(=O)NCCCS)c([N+](=O)[O-])cc1O[CH2][Rf]. The number of nitro groups is 1. The van der Waals surface area contributed by atoms with E-state index in [1.807, 2.05) is 0 Å². The predicted octanol–water partition coefficient (Wildman–Crippen LogP) is 2.04. The minimum absolute atomic E-state index is 0.174. The van der Waals surface area contributed by atoms with E-state index in [0.717, 1.165) is 0 Å². The summed E-state index contributed by atoms with van der Waals surface area (Å²) in [5.74, 6) is 1.34. The van der Waals surface area contributed by atoms with E-state index in [9.17, 15) is 14.9 Å². The van der Waals surface area contributed by atoms with E-state index in [0.29, 0.717) is 37.3 Å². The number of nitro benzene ring substituents is 1. The maximum absolute atomic E-state index is 11.5. The van der Waals surface area contributed by atoms with E-state index in [4.69, 9.17) is 14.2 Å². The molecule has 0 aliphatic heterocycles. The first-order valence-electron chi connectivity index (χ1n) is 6.82. The van der Waals surface area contributed by atoms with Gasteiger partial charge in [-0.25, -0.2) is 0 Å². The Hall–Kier alpha value is -3.16. The third kappa shape index (κ3) is 5.27. The molecule has 0 heterocycles. The van der Waals surface area contributed by atoms with Gasteiger partial charge in [0, 0.05) is 0 Å². The van der Waals surface area contributed by atoms with E-state index in [2.05, 4.69) is 17.9 Å². The number of hydrogen-bond acceptors (Lipinski definition) is 7. The average molecular weight is 596 g/mol. The van der Waals surface area contributed by atoms with E-state index < -0.39 is 11.0 Å². The fourth-order valence-electron chi connectivity index (χ4n) is 1.72. The fourth-order valence-corrected chi connectivity index (χ4v) is 2.88. The Bertz CT molecular complexity index is 558. The van der Waals surface area contributed by atoms with Crippen molar-refractivity contribution >= 4 is 24.4 Å². The number of rotatable bonds is 9. The first-order valence-corrected chi connectivity index (χ1v) is 12.0. The molecule has 1 rings (SSSR count). The van der Waals surface area contributed by atoms with Crippen molar-refractivity contribution in [1.29, 1.82) is 0 Å². The molecule has 123 valence electrons. The van der Waals surface area contributed by atoms with Gasteiger partial charge in [0.15, 0.2) is 0 Å². The van der Waals surface area contributed by atoms with Gasteiger partial charge in [0.1, 0.15) is 0 Å². The maximum atomic E-state index is 11.5. The van der Waals surface area contributed by atoms with Crippen molar-refractivity contribution in [3.8, 4) is 11.5 Å². The number of hydrogen-bond donors (Lipinski definition) is 2. The summed E-state index contributed by atoms with van der Waals surface area (Å²) >= 11 is 4.03. The average Bonchev–Trinajstić information content (AvgIpc) is 2.53. The van der Waals surface area contributed by atoms with Crippen molar-refractivity contribution in [2.75, 3.05) is 26.5 Å². The quantitative estimate of drug-likeness (QED) is 0.196. The van der Waals surface area contributed by atoms with Crippen LogP contribution in [-0.2, 0) is 11.3 Å². The molecular weight excluding hydrogens is 579 g/mol. The first-order chi connectivity index (χ1) is 11.0. The molecule has 0 spiro atoms. The summed E-state index contributed by atoms with van der Waals surface area (Å²) in [6.07, 6.45) is 0.0724. The van der Waals surface area contributed by atoms with E-state index in [1.165, 1.54) is 19.2 Å². The third-order valence-electron chi connectivity index (χ3n) is 2.78. The Morgan fingerprint density at radius 3 is 2.74 bits per heavy atom. The number of amides is 1. The molecule has 0 unspecified atom stereocenters. The summed E-state index contributed by atoms with van der Waals surface area (Å²) in [6, 6.07) is 2.76. The van der Waals surface area contributed by atoms with Crippen LogP contribution in [0.4, 0.5) is 10.5 Å². The Morgan fingerprint density at radius 2 is 2.17 bits per heavy atom. The molecule has 0 aromatic heterocycles. The van der Waals surface area contributed by atoms with Gasteiger partial charge in [0.25, 0.3) is 0 Å². The van der Waals surface area contributed by atoms with Crippen molar-refractivity contribution in [3.05, 3.63) is 27.8 Å². The number of benzene rings is 1. The van der Waals surface area contributed by atoms with Crippen molar-refractivity contribution in [3.63, 3.8) is 0 Å². The van der Waals surface area contributed by atoms with Crippen molar-refractivity contribution in [2.45, 2.75) is 13.0 Å². The normalized spacial score (nSPS) is 10.1. The molecule has 0 fully saturated rings. The van der Waals surface area contributed by atoms with Crippen LogP contribution < -0.4 is 14.8 Å². The van der Waals surface area contributed by atoms with Crippen LogP contribution in [0.15, 0.2) is 12.1 Å². The molecule has 0 saturated carbocycles. The molecule has 0 bridgehead atoms. The van der Waals surface area contributed by atoms with Gasteiger partial charge < -0.3 is 0 Å². The molecule has 1 amide bonds. The van der Waals surface area contributed by atoms with Crippen LogP contribution >= 0.6 is 12.6 Å². The van der Waals surface area contributed by atoms with Crippen LogP contribution in [0, 0.1) is 10.1 Å². The first kappa shape index (κ1) is 17.9. The summed E-state index contributed by atoms with van der Waals surface area (Å²) in [6.45, 7) is 0.202. The molecule has 1 N–H and O–H groups in total. The molecule has 10 heteroatoms. The predicted molar refractivity (Wildman–Crippen MR) is 81.8 cm³/mol. The molecule has 8 nitrogen and oxygen atoms in total. The summed E-state index contributed by atoms with van der Waals surface area (Å²) in [5.41, 5.74) is 0.0654. The molecule has 0 aliphatic carbocycles. The second-order valence-corrected chi connectivity index (χ2v) is 6.61. The van der Waals surface area contributed by atoms with E-state index >= 15 is 0 Å². The second kappa shape index (κ2) is 8.98. The summed E-state index contributed by atoms with van der Waals surface area (Å²) in [5, 5.41) is 13.7. The second-order valence-electron chi connectivity index (χ2n) is 4.32. The van der Waals surface area contributed by atoms with Crippen molar-refractivity contribution in [2.24, 2.45) is 0 Å². The molecular formula is C13H17N2O6RfS. The molecule has 0 atom stereocenters. The topological polar surface area (TPSA) is 99.9 Å². The van der Waals surface area contributed by atoms with Crippen LogP contribution in [0.3, 0.4) is 0 Å². The van der Waals surface area contributed by atoms with Crippen LogP contribution in [0.1, 0.15) is 12.0 Å². The number of alkyl carbamates (subject to hydrolysis) is 1. The van der Waals surface area contributed by atoms with Gasteiger partial charge in [-0.15, -0.1) is 0 Å². The molecule has 0 aliphatic rings. The van der Waals surface area contributed by atoms with Crippen LogP contribution in [0.25, 0.3) is 0 Å². The summed E-state index contributed by atoms with van der Waals surface area (Å²) < 4.78 is 15.9. The monoisotopic (exact) mass is 596 g/mol. The van der Waals surface area contributed by atoms with E-state index in [-0.39, 0.29) is 17.9 Å². The summed E-state index contributed by atoms with van der Waals surface area (Å²) in [7, 11) is 2.00. The zero-order valence-electron chi connectivity index (χ0n) is 12.7. The standard InChI is InChI=1S/C13H17N2O6S.Rf/c1-19-11-6-9(8-21-13(16)14-4-3-5-22)10(15(17)18)7-12(11)20-2;/h6-7,22H,2-5,8H2,1H3,(H,14,16);. The molecule has 1 aromatic rings. The van der Waals surface area contributed by atoms with Gasteiger partial charge in [0.2, 0.25) is 0 Å². The van der Waals surface area contributed by atoms with Gasteiger partial charge in [-0.05, 0) is 5.75 Å². The molecule has 0 radical (unpaired) electrons. The molecule has 1 aromatic carbocycles. The Labute approximate surface area is 133 Å². The number of carbonyl (C=O) groups is 1. The minimum atomic E-state index is -0.636. The third-order valence-corrected chi connectivity index (χ3v) is 4.02. The van der Waals surface area contributed by atoms with Crippen molar-refractivity contribution < 1.29 is 23.9 Å². The number of thiol groups is 1. The molecule has 23 heavy (non-hydrogen) atoms. The van der Waals surface area contributed by atoms with Gasteiger partial charge >= 0.3 is 114 Å². The zero-order valence-corrected chi connectivity index (χ0v) is 20.0. The van der Waals surface area contributed by atoms with Crippen LogP contribution in [-0.4, -0.2) is 37.5 Å².